The van der Waals surface area contributed by atoms with E-state index in [1.807, 2.05) is 0 Å². The van der Waals surface area contributed by atoms with E-state index in [0.29, 0.717) is 11.8 Å². The Hall–Kier alpha value is -1.56. The van der Waals surface area contributed by atoms with Crippen LogP contribution in [0.5, 0.6) is 0 Å². The van der Waals surface area contributed by atoms with Crippen LogP contribution < -0.4 is 0 Å². The molecule has 0 saturated carbocycles. The highest BCUT2D eigenvalue weighted by atomic mass is 14.5. The van der Waals surface area contributed by atoms with E-state index in [2.05, 4.69) is 102 Å². The summed E-state index contributed by atoms with van der Waals surface area (Å²) in [5.41, 5.74) is 3.55. The topological polar surface area (TPSA) is 0 Å². The molecule has 3 unspecified atom stereocenters. The van der Waals surface area contributed by atoms with Gasteiger partial charge in [0.2, 0.25) is 0 Å². The van der Waals surface area contributed by atoms with Gasteiger partial charge in [-0.05, 0) is 53.1 Å². The number of hydrogen-bond acceptors (Lipinski definition) is 0. The van der Waals surface area contributed by atoms with E-state index in [9.17, 15) is 0 Å². The molecule has 0 nitrogen and oxygen atoms in total. The van der Waals surface area contributed by atoms with Crippen LogP contribution in [0.4, 0.5) is 0 Å². The van der Waals surface area contributed by atoms with Crippen LogP contribution in [0.15, 0.2) is 60.7 Å². The Labute approximate surface area is 174 Å². The fourth-order valence-corrected chi connectivity index (χ4v) is 5.82. The van der Waals surface area contributed by atoms with E-state index in [1.54, 1.807) is 0 Å². The summed E-state index contributed by atoms with van der Waals surface area (Å²) in [5.74, 6) is 1.08. The van der Waals surface area contributed by atoms with Crippen LogP contribution in [-0.2, 0) is 0 Å². The van der Waals surface area contributed by atoms with Crippen LogP contribution in [-0.4, -0.2) is 0 Å². The fraction of sp³-hybridized carbons (Fsp3) is 0.571. The molecule has 0 N–H and O–H groups in total. The average molecular weight is 379 g/mol. The zero-order chi connectivity index (χ0) is 20.6. The van der Waals surface area contributed by atoms with Crippen molar-refractivity contribution in [2.24, 2.45) is 10.8 Å². The van der Waals surface area contributed by atoms with Crippen LogP contribution in [0.2, 0.25) is 0 Å². The smallest absolute Gasteiger partial charge is 0.00484 e. The SMILES string of the molecule is CCCCC(C)(C)C(c1ccccc1)C(CC)(CCC)C(C)c1ccccc1. The molecule has 0 fully saturated rings. The Bertz CT molecular complexity index is 670. The van der Waals surface area contributed by atoms with Crippen molar-refractivity contribution in [3.05, 3.63) is 71.8 Å². The molecule has 2 rings (SSSR count). The van der Waals surface area contributed by atoms with Crippen LogP contribution in [0.3, 0.4) is 0 Å². The summed E-state index contributed by atoms with van der Waals surface area (Å²) < 4.78 is 0. The highest BCUT2D eigenvalue weighted by Gasteiger charge is 2.48. The maximum Gasteiger partial charge on any atom is -0.00484 e. The first kappa shape index (κ1) is 22.7. The molecule has 3 atom stereocenters. The van der Waals surface area contributed by atoms with Gasteiger partial charge in [0.15, 0.2) is 0 Å². The normalized spacial score (nSPS) is 16.4. The summed E-state index contributed by atoms with van der Waals surface area (Å²) in [5, 5.41) is 0. The minimum Gasteiger partial charge on any atom is -0.0654 e. The lowest BCUT2D eigenvalue weighted by molar-refractivity contribution is 0.0592. The van der Waals surface area contributed by atoms with Crippen LogP contribution >= 0.6 is 0 Å². The number of benzene rings is 2. The minimum atomic E-state index is 0.259. The lowest BCUT2D eigenvalue weighted by atomic mass is 9.52. The summed E-state index contributed by atoms with van der Waals surface area (Å²) in [6.07, 6.45) is 7.59. The molecule has 0 aliphatic heterocycles. The number of rotatable bonds is 11. The molecule has 28 heavy (non-hydrogen) atoms. The van der Waals surface area contributed by atoms with Crippen molar-refractivity contribution in [2.75, 3.05) is 0 Å². The zero-order valence-electron chi connectivity index (χ0n) is 19.2. The summed E-state index contributed by atoms with van der Waals surface area (Å²) >= 11 is 0. The molecule has 154 valence electrons. The predicted molar refractivity (Wildman–Crippen MR) is 125 cm³/mol. The molecule has 0 aliphatic carbocycles. The van der Waals surface area contributed by atoms with Crippen molar-refractivity contribution < 1.29 is 0 Å². The molecule has 0 spiro atoms. The first-order chi connectivity index (χ1) is 13.4. The third kappa shape index (κ3) is 4.88. The van der Waals surface area contributed by atoms with Gasteiger partial charge in [-0.25, -0.2) is 0 Å². The van der Waals surface area contributed by atoms with E-state index in [0.717, 1.165) is 0 Å². The molecule has 0 heteroatoms. The van der Waals surface area contributed by atoms with E-state index >= 15 is 0 Å². The largest absolute Gasteiger partial charge is 0.0654 e. The maximum atomic E-state index is 2.53. The van der Waals surface area contributed by atoms with Gasteiger partial charge in [-0.1, -0.05) is 121 Å². The monoisotopic (exact) mass is 378 g/mol. The van der Waals surface area contributed by atoms with Gasteiger partial charge in [0, 0.05) is 0 Å². The highest BCUT2D eigenvalue weighted by molar-refractivity contribution is 5.30. The van der Waals surface area contributed by atoms with Gasteiger partial charge < -0.3 is 0 Å². The van der Waals surface area contributed by atoms with Crippen LogP contribution in [0.25, 0.3) is 0 Å². The van der Waals surface area contributed by atoms with Gasteiger partial charge in [-0.3, -0.25) is 0 Å². The number of hydrogen-bond donors (Lipinski definition) is 0. The van der Waals surface area contributed by atoms with Crippen molar-refractivity contribution in [2.45, 2.75) is 91.9 Å². The minimum absolute atomic E-state index is 0.259. The molecule has 0 amide bonds. The Morgan fingerprint density at radius 3 is 1.71 bits per heavy atom. The quantitative estimate of drug-likeness (QED) is 0.366. The Kier molecular flexibility index (Phi) is 8.35. The third-order valence-corrected chi connectivity index (χ3v) is 7.20. The van der Waals surface area contributed by atoms with Crippen LogP contribution in [0, 0.1) is 10.8 Å². The van der Waals surface area contributed by atoms with Gasteiger partial charge in [0.1, 0.15) is 0 Å². The maximum absolute atomic E-state index is 2.53. The average Bonchev–Trinajstić information content (AvgIpc) is 2.72. The van der Waals surface area contributed by atoms with Crippen molar-refractivity contribution in [3.8, 4) is 0 Å². The van der Waals surface area contributed by atoms with Gasteiger partial charge in [-0.15, -0.1) is 0 Å². The van der Waals surface area contributed by atoms with Crippen molar-refractivity contribution >= 4 is 0 Å². The second kappa shape index (κ2) is 10.3. The van der Waals surface area contributed by atoms with Crippen LogP contribution in [0.1, 0.15) is 103 Å². The zero-order valence-corrected chi connectivity index (χ0v) is 19.2. The lowest BCUT2D eigenvalue weighted by Crippen LogP contribution is -2.41. The predicted octanol–water partition coefficient (Wildman–Crippen LogP) is 8.99. The molecular weight excluding hydrogens is 336 g/mol. The second-order valence-corrected chi connectivity index (χ2v) is 9.40. The van der Waals surface area contributed by atoms with Gasteiger partial charge >= 0.3 is 0 Å². The van der Waals surface area contributed by atoms with E-state index in [4.69, 9.17) is 0 Å². The van der Waals surface area contributed by atoms with Crippen molar-refractivity contribution in [3.63, 3.8) is 0 Å². The molecular formula is C28H42. The Balaban J connectivity index is 2.64. The fourth-order valence-electron chi connectivity index (χ4n) is 5.82. The van der Waals surface area contributed by atoms with E-state index in [1.165, 1.54) is 49.7 Å². The molecule has 0 saturated heterocycles. The summed E-state index contributed by atoms with van der Waals surface area (Å²) in [6.45, 7) is 14.7. The molecule has 2 aromatic rings. The molecule has 0 aromatic heterocycles. The third-order valence-electron chi connectivity index (χ3n) is 7.20. The highest BCUT2D eigenvalue weighted by Crippen LogP contribution is 2.59. The summed E-state index contributed by atoms with van der Waals surface area (Å²) in [6, 6.07) is 22.6. The van der Waals surface area contributed by atoms with E-state index < -0.39 is 0 Å². The second-order valence-electron chi connectivity index (χ2n) is 9.40. The molecule has 0 bridgehead atoms. The van der Waals surface area contributed by atoms with Gasteiger partial charge in [0.25, 0.3) is 0 Å². The molecule has 0 aliphatic rings. The summed E-state index contributed by atoms with van der Waals surface area (Å²) in [4.78, 5) is 0. The van der Waals surface area contributed by atoms with Crippen molar-refractivity contribution in [1.82, 2.24) is 0 Å². The Morgan fingerprint density at radius 1 is 0.714 bits per heavy atom. The number of unbranched alkanes of at least 4 members (excludes halogenated alkanes) is 1. The van der Waals surface area contributed by atoms with Gasteiger partial charge in [0.05, 0.1) is 0 Å². The van der Waals surface area contributed by atoms with Crippen molar-refractivity contribution in [1.29, 1.82) is 0 Å². The molecule has 0 radical (unpaired) electrons. The lowest BCUT2D eigenvalue weighted by Gasteiger charge is -2.52. The summed E-state index contributed by atoms with van der Waals surface area (Å²) in [7, 11) is 0. The standard InChI is InChI=1S/C28H42/c1-7-10-22-27(5,6)26(25-19-15-12-16-20-25)28(9-3,21-8-2)23(4)24-17-13-11-14-18-24/h11-20,23,26H,7-10,21-22H2,1-6H3. The van der Waals surface area contributed by atoms with Gasteiger partial charge in [-0.2, -0.15) is 0 Å². The Morgan fingerprint density at radius 2 is 1.25 bits per heavy atom. The first-order valence-electron chi connectivity index (χ1n) is 11.5. The van der Waals surface area contributed by atoms with E-state index in [-0.39, 0.29) is 10.8 Å². The molecule has 0 heterocycles. The first-order valence-corrected chi connectivity index (χ1v) is 11.5. The molecule has 2 aromatic carbocycles.